The smallest absolute Gasteiger partial charge is 0.289 e. The second-order valence-electron chi connectivity index (χ2n) is 7.36. The van der Waals surface area contributed by atoms with E-state index in [0.717, 1.165) is 44.9 Å². The Bertz CT molecular complexity index is 556. The topological polar surface area (TPSA) is 65.8 Å². The first-order chi connectivity index (χ1) is 12.1. The molecular formula is C19H29N3O3. The van der Waals surface area contributed by atoms with Crippen LogP contribution in [0.25, 0.3) is 0 Å². The zero-order valence-electron chi connectivity index (χ0n) is 15.1. The molecule has 1 aromatic heterocycles. The van der Waals surface area contributed by atoms with Gasteiger partial charge in [-0.15, -0.1) is 0 Å². The number of nitrogens with zero attached hydrogens (tertiary/aromatic N) is 2. The first-order valence-electron chi connectivity index (χ1n) is 9.46. The molecule has 6 heteroatoms. The van der Waals surface area contributed by atoms with Crippen molar-refractivity contribution in [3.05, 3.63) is 24.2 Å². The molecule has 2 fully saturated rings. The number of hydrogen-bond acceptors (Lipinski definition) is 4. The molecule has 0 spiro atoms. The number of furan rings is 1. The van der Waals surface area contributed by atoms with E-state index in [-0.39, 0.29) is 17.7 Å². The van der Waals surface area contributed by atoms with E-state index in [2.05, 4.69) is 17.1 Å². The SMILES string of the molecule is CC1CCN(CCNC(=O)C2CCN(C(=O)c3ccco3)CC2)CC1. The van der Waals surface area contributed by atoms with Gasteiger partial charge < -0.3 is 19.5 Å². The predicted molar refractivity (Wildman–Crippen MR) is 95.2 cm³/mol. The van der Waals surface area contributed by atoms with E-state index in [1.807, 2.05) is 0 Å². The van der Waals surface area contributed by atoms with E-state index in [4.69, 9.17) is 4.42 Å². The minimum absolute atomic E-state index is 0.0158. The number of carbonyl (C=O) groups excluding carboxylic acids is 2. The van der Waals surface area contributed by atoms with Crippen molar-refractivity contribution in [1.29, 1.82) is 0 Å². The largest absolute Gasteiger partial charge is 0.459 e. The van der Waals surface area contributed by atoms with Crippen molar-refractivity contribution in [1.82, 2.24) is 15.1 Å². The maximum absolute atomic E-state index is 12.3. The van der Waals surface area contributed by atoms with Crippen LogP contribution in [0.15, 0.2) is 22.8 Å². The number of amides is 2. The standard InChI is InChI=1S/C19H29N3O3/c1-15-4-9-21(10-5-15)13-8-20-18(23)16-6-11-22(12-7-16)19(24)17-3-2-14-25-17/h2-3,14-16H,4-13H2,1H3,(H,20,23). The zero-order chi connectivity index (χ0) is 17.6. The van der Waals surface area contributed by atoms with Gasteiger partial charge in [-0.3, -0.25) is 9.59 Å². The fourth-order valence-corrected chi connectivity index (χ4v) is 3.67. The zero-order valence-corrected chi connectivity index (χ0v) is 15.1. The molecule has 1 N–H and O–H groups in total. The lowest BCUT2D eigenvalue weighted by Gasteiger charge is -2.32. The van der Waals surface area contributed by atoms with Gasteiger partial charge in [-0.1, -0.05) is 6.92 Å². The molecule has 0 saturated carbocycles. The van der Waals surface area contributed by atoms with Gasteiger partial charge in [0, 0.05) is 32.1 Å². The van der Waals surface area contributed by atoms with Crippen LogP contribution < -0.4 is 5.32 Å². The summed E-state index contributed by atoms with van der Waals surface area (Å²) in [5.74, 6) is 1.28. The Kier molecular flexibility index (Phi) is 6.13. The van der Waals surface area contributed by atoms with Gasteiger partial charge in [-0.05, 0) is 56.8 Å². The number of likely N-dealkylation sites (tertiary alicyclic amines) is 2. The summed E-state index contributed by atoms with van der Waals surface area (Å²) in [4.78, 5) is 28.8. The lowest BCUT2D eigenvalue weighted by Crippen LogP contribution is -2.45. The molecule has 0 aliphatic carbocycles. The average molecular weight is 347 g/mol. The predicted octanol–water partition coefficient (Wildman–Crippen LogP) is 1.98. The van der Waals surface area contributed by atoms with E-state index < -0.39 is 0 Å². The highest BCUT2D eigenvalue weighted by Crippen LogP contribution is 2.19. The van der Waals surface area contributed by atoms with E-state index in [1.165, 1.54) is 19.1 Å². The van der Waals surface area contributed by atoms with Gasteiger partial charge >= 0.3 is 0 Å². The van der Waals surface area contributed by atoms with Gasteiger partial charge in [0.05, 0.1) is 6.26 Å². The summed E-state index contributed by atoms with van der Waals surface area (Å²) >= 11 is 0. The maximum Gasteiger partial charge on any atom is 0.289 e. The van der Waals surface area contributed by atoms with Crippen molar-refractivity contribution >= 4 is 11.8 Å². The number of nitrogens with one attached hydrogen (secondary N) is 1. The summed E-state index contributed by atoms with van der Waals surface area (Å²) in [6, 6.07) is 3.40. The summed E-state index contributed by atoms with van der Waals surface area (Å²) in [5, 5.41) is 3.08. The van der Waals surface area contributed by atoms with Crippen molar-refractivity contribution in [2.75, 3.05) is 39.3 Å². The van der Waals surface area contributed by atoms with Crippen molar-refractivity contribution in [2.24, 2.45) is 11.8 Å². The van der Waals surface area contributed by atoms with Gasteiger partial charge in [0.2, 0.25) is 5.91 Å². The summed E-state index contributed by atoms with van der Waals surface area (Å²) < 4.78 is 5.16. The van der Waals surface area contributed by atoms with Crippen LogP contribution in [0.4, 0.5) is 0 Å². The monoisotopic (exact) mass is 347 g/mol. The lowest BCUT2D eigenvalue weighted by molar-refractivity contribution is -0.126. The first kappa shape index (κ1) is 18.0. The molecule has 0 bridgehead atoms. The van der Waals surface area contributed by atoms with Gasteiger partial charge in [-0.2, -0.15) is 0 Å². The molecule has 0 radical (unpaired) electrons. The molecule has 3 heterocycles. The molecule has 2 saturated heterocycles. The van der Waals surface area contributed by atoms with Crippen LogP contribution in [-0.4, -0.2) is 60.9 Å². The highest BCUT2D eigenvalue weighted by Gasteiger charge is 2.28. The Balaban J connectivity index is 1.35. The maximum atomic E-state index is 12.3. The fraction of sp³-hybridized carbons (Fsp3) is 0.684. The number of piperidine rings is 2. The van der Waals surface area contributed by atoms with Gasteiger partial charge in [-0.25, -0.2) is 0 Å². The van der Waals surface area contributed by atoms with Gasteiger partial charge in [0.1, 0.15) is 0 Å². The Morgan fingerprint density at radius 1 is 1.16 bits per heavy atom. The third-order valence-corrected chi connectivity index (χ3v) is 5.49. The van der Waals surface area contributed by atoms with Crippen LogP contribution in [0.3, 0.4) is 0 Å². The highest BCUT2D eigenvalue weighted by atomic mass is 16.3. The minimum atomic E-state index is -0.0804. The second kappa shape index (κ2) is 8.52. The molecular weight excluding hydrogens is 318 g/mol. The number of rotatable bonds is 5. The van der Waals surface area contributed by atoms with Crippen LogP contribution in [0, 0.1) is 11.8 Å². The molecule has 2 aliphatic heterocycles. The molecule has 0 atom stereocenters. The molecule has 6 nitrogen and oxygen atoms in total. The van der Waals surface area contributed by atoms with Crippen molar-refractivity contribution < 1.29 is 14.0 Å². The molecule has 0 aromatic carbocycles. The number of hydrogen-bond donors (Lipinski definition) is 1. The highest BCUT2D eigenvalue weighted by molar-refractivity contribution is 5.91. The van der Waals surface area contributed by atoms with E-state index in [9.17, 15) is 9.59 Å². The molecule has 138 valence electrons. The fourth-order valence-electron chi connectivity index (χ4n) is 3.67. The lowest BCUT2D eigenvalue weighted by atomic mass is 9.95. The molecule has 0 unspecified atom stereocenters. The molecule has 25 heavy (non-hydrogen) atoms. The minimum Gasteiger partial charge on any atom is -0.459 e. The second-order valence-corrected chi connectivity index (χ2v) is 7.36. The Morgan fingerprint density at radius 3 is 2.52 bits per heavy atom. The summed E-state index contributed by atoms with van der Waals surface area (Å²) in [7, 11) is 0. The van der Waals surface area contributed by atoms with Gasteiger partial charge in [0.15, 0.2) is 5.76 Å². The molecule has 1 aromatic rings. The van der Waals surface area contributed by atoms with Crippen molar-refractivity contribution in [3.63, 3.8) is 0 Å². The first-order valence-corrected chi connectivity index (χ1v) is 9.46. The van der Waals surface area contributed by atoms with Crippen LogP contribution in [0.2, 0.25) is 0 Å². The summed E-state index contributed by atoms with van der Waals surface area (Å²) in [6.45, 7) is 7.48. The Morgan fingerprint density at radius 2 is 1.88 bits per heavy atom. The summed E-state index contributed by atoms with van der Waals surface area (Å²) in [6.07, 6.45) is 5.47. The Labute approximate surface area is 149 Å². The van der Waals surface area contributed by atoms with E-state index in [1.54, 1.807) is 17.0 Å². The molecule has 3 rings (SSSR count). The van der Waals surface area contributed by atoms with Crippen molar-refractivity contribution in [3.8, 4) is 0 Å². The Hall–Kier alpha value is -1.82. The summed E-state index contributed by atoms with van der Waals surface area (Å²) in [5.41, 5.74) is 0. The van der Waals surface area contributed by atoms with Gasteiger partial charge in [0.25, 0.3) is 5.91 Å². The van der Waals surface area contributed by atoms with Crippen LogP contribution in [0.5, 0.6) is 0 Å². The van der Waals surface area contributed by atoms with E-state index in [0.29, 0.717) is 18.8 Å². The van der Waals surface area contributed by atoms with Crippen LogP contribution >= 0.6 is 0 Å². The van der Waals surface area contributed by atoms with E-state index >= 15 is 0 Å². The number of carbonyl (C=O) groups is 2. The van der Waals surface area contributed by atoms with Crippen LogP contribution in [0.1, 0.15) is 43.2 Å². The average Bonchev–Trinajstić information content (AvgIpc) is 3.17. The molecule has 2 aliphatic rings. The normalized spacial score (nSPS) is 20.6. The van der Waals surface area contributed by atoms with Crippen LogP contribution in [-0.2, 0) is 4.79 Å². The molecule has 2 amide bonds. The van der Waals surface area contributed by atoms with Crippen molar-refractivity contribution in [2.45, 2.75) is 32.6 Å². The third-order valence-electron chi connectivity index (χ3n) is 5.49. The third kappa shape index (κ3) is 4.84. The quantitative estimate of drug-likeness (QED) is 0.884.